The third-order valence-corrected chi connectivity index (χ3v) is 5.34. The number of nitrogens with one attached hydrogen (secondary N) is 1. The number of primary amides is 1. The van der Waals surface area contributed by atoms with Crippen molar-refractivity contribution in [3.63, 3.8) is 0 Å². The maximum absolute atomic E-state index is 12.2. The van der Waals surface area contributed by atoms with E-state index >= 15 is 0 Å². The number of fused-ring (bicyclic) bond motifs is 1. The van der Waals surface area contributed by atoms with Gasteiger partial charge < -0.3 is 16.2 Å². The maximum Gasteiger partial charge on any atom is 0.269 e. The Bertz CT molecular complexity index is 1480. The van der Waals surface area contributed by atoms with Gasteiger partial charge in [0.1, 0.15) is 11.5 Å². The highest BCUT2D eigenvalue weighted by Crippen LogP contribution is 2.36. The number of nitrogens with zero attached hydrogens (tertiary/aromatic N) is 3. The first-order chi connectivity index (χ1) is 16.0. The largest absolute Gasteiger partial charge is 0.457 e. The zero-order valence-electron chi connectivity index (χ0n) is 17.7. The molecule has 162 valence electrons. The first-order valence-corrected chi connectivity index (χ1v) is 10.2. The minimum atomic E-state index is -0.724. The summed E-state index contributed by atoms with van der Waals surface area (Å²) in [6.45, 7) is 1.95. The fraction of sp³-hybridized carbons (Fsp3) is 0.0400. The molecule has 5 rings (SSSR count). The van der Waals surface area contributed by atoms with Gasteiger partial charge in [0, 0.05) is 16.5 Å². The Morgan fingerprint density at radius 2 is 1.67 bits per heavy atom. The number of para-hydroxylation sites is 1. The van der Waals surface area contributed by atoms with E-state index in [1.54, 1.807) is 6.20 Å². The lowest BCUT2D eigenvalue weighted by atomic mass is 9.99. The van der Waals surface area contributed by atoms with Crippen molar-refractivity contribution in [2.75, 3.05) is 5.73 Å². The van der Waals surface area contributed by atoms with Crippen molar-refractivity contribution in [3.05, 3.63) is 84.2 Å². The smallest absolute Gasteiger partial charge is 0.269 e. The highest BCUT2D eigenvalue weighted by Gasteiger charge is 2.21. The predicted molar refractivity (Wildman–Crippen MR) is 127 cm³/mol. The standard InChI is InChI=1S/C25H20N6O2/c1-14-7-12-19-18(13-28-31-19)20(14)22-21(26)23(24(27)32)30-25(29-22)15-8-10-17(11-9-15)33-16-5-3-2-4-6-16/h2-13H,26H2,1H3,(H2,27,32)(H,28,31). The van der Waals surface area contributed by atoms with E-state index in [1.807, 2.05) is 73.7 Å². The van der Waals surface area contributed by atoms with Gasteiger partial charge in [0.25, 0.3) is 5.91 Å². The molecule has 0 aliphatic heterocycles. The van der Waals surface area contributed by atoms with Crippen LogP contribution in [0.25, 0.3) is 33.5 Å². The number of nitrogens with two attached hydrogens (primary N) is 2. The van der Waals surface area contributed by atoms with Gasteiger partial charge in [0.15, 0.2) is 11.5 Å². The van der Waals surface area contributed by atoms with Crippen LogP contribution in [0.1, 0.15) is 16.1 Å². The summed E-state index contributed by atoms with van der Waals surface area (Å²) < 4.78 is 5.85. The summed E-state index contributed by atoms with van der Waals surface area (Å²) in [6.07, 6.45) is 1.71. The zero-order chi connectivity index (χ0) is 22.9. The van der Waals surface area contributed by atoms with Crippen molar-refractivity contribution < 1.29 is 9.53 Å². The number of hydrogen-bond acceptors (Lipinski definition) is 6. The number of anilines is 1. The first-order valence-electron chi connectivity index (χ1n) is 10.2. The third kappa shape index (κ3) is 3.74. The van der Waals surface area contributed by atoms with Gasteiger partial charge >= 0.3 is 0 Å². The Morgan fingerprint density at radius 1 is 0.939 bits per heavy atom. The van der Waals surface area contributed by atoms with E-state index in [1.165, 1.54) is 0 Å². The van der Waals surface area contributed by atoms with Crippen LogP contribution in [0, 0.1) is 6.92 Å². The van der Waals surface area contributed by atoms with Gasteiger partial charge in [-0.25, -0.2) is 9.97 Å². The summed E-state index contributed by atoms with van der Waals surface area (Å²) in [7, 11) is 0. The number of hydrogen-bond donors (Lipinski definition) is 3. The Morgan fingerprint density at radius 3 is 2.39 bits per heavy atom. The van der Waals surface area contributed by atoms with E-state index in [4.69, 9.17) is 21.2 Å². The normalized spacial score (nSPS) is 10.9. The third-order valence-electron chi connectivity index (χ3n) is 5.34. The molecule has 3 aromatic carbocycles. The molecule has 0 fully saturated rings. The average Bonchev–Trinajstić information content (AvgIpc) is 3.29. The number of aromatic amines is 1. The molecule has 0 radical (unpaired) electrons. The van der Waals surface area contributed by atoms with Crippen molar-refractivity contribution >= 4 is 22.5 Å². The van der Waals surface area contributed by atoms with Gasteiger partial charge in [-0.1, -0.05) is 24.3 Å². The lowest BCUT2D eigenvalue weighted by molar-refractivity contribution is 0.0996. The fourth-order valence-corrected chi connectivity index (χ4v) is 3.71. The number of ether oxygens (including phenoxy) is 1. The van der Waals surface area contributed by atoms with E-state index in [2.05, 4.69) is 15.2 Å². The summed E-state index contributed by atoms with van der Waals surface area (Å²) in [5.41, 5.74) is 15.7. The van der Waals surface area contributed by atoms with Gasteiger partial charge in [-0.3, -0.25) is 9.89 Å². The average molecular weight is 436 g/mol. The molecule has 0 unspecified atom stereocenters. The molecule has 2 aromatic heterocycles. The van der Waals surface area contributed by atoms with Crippen LogP contribution >= 0.6 is 0 Å². The highest BCUT2D eigenvalue weighted by molar-refractivity contribution is 6.04. The molecule has 2 heterocycles. The molecule has 5 N–H and O–H groups in total. The number of rotatable bonds is 5. The van der Waals surface area contributed by atoms with Gasteiger partial charge in [0.05, 0.1) is 23.1 Å². The number of aromatic nitrogens is 4. The van der Waals surface area contributed by atoms with Crippen molar-refractivity contribution in [1.82, 2.24) is 20.2 Å². The fourth-order valence-electron chi connectivity index (χ4n) is 3.71. The van der Waals surface area contributed by atoms with Gasteiger partial charge in [-0.2, -0.15) is 5.10 Å². The molecular weight excluding hydrogens is 416 g/mol. The van der Waals surface area contributed by atoms with Crippen molar-refractivity contribution in [3.8, 4) is 34.1 Å². The molecule has 0 aliphatic rings. The number of carbonyl (C=O) groups is 1. The Balaban J connectivity index is 1.62. The second kappa shape index (κ2) is 8.08. The number of H-pyrrole nitrogens is 1. The first kappa shape index (κ1) is 20.2. The van der Waals surface area contributed by atoms with E-state index in [9.17, 15) is 4.79 Å². The Labute approximate surface area is 189 Å². The summed E-state index contributed by atoms with van der Waals surface area (Å²) in [4.78, 5) is 21.3. The molecule has 5 aromatic rings. The van der Waals surface area contributed by atoms with Crippen LogP contribution in [-0.2, 0) is 0 Å². The highest BCUT2D eigenvalue weighted by atomic mass is 16.5. The van der Waals surface area contributed by atoms with Gasteiger partial charge in [-0.05, 0) is 55.0 Å². The molecular formula is C25H20N6O2. The lowest BCUT2D eigenvalue weighted by Crippen LogP contribution is -2.18. The summed E-state index contributed by atoms with van der Waals surface area (Å²) in [6, 6.07) is 20.6. The van der Waals surface area contributed by atoms with Crippen LogP contribution in [0.4, 0.5) is 5.69 Å². The van der Waals surface area contributed by atoms with Crippen molar-refractivity contribution in [2.45, 2.75) is 6.92 Å². The van der Waals surface area contributed by atoms with Crippen molar-refractivity contribution in [2.24, 2.45) is 5.73 Å². The SMILES string of the molecule is Cc1ccc2[nH]ncc2c1-c1nc(-c2ccc(Oc3ccccc3)cc2)nc(C(N)=O)c1N. The van der Waals surface area contributed by atoms with E-state index < -0.39 is 5.91 Å². The zero-order valence-corrected chi connectivity index (χ0v) is 17.7. The number of nitrogen functional groups attached to an aromatic ring is 1. The Hall–Kier alpha value is -4.72. The van der Waals surface area contributed by atoms with E-state index in [-0.39, 0.29) is 11.4 Å². The molecule has 0 bridgehead atoms. The molecule has 8 nitrogen and oxygen atoms in total. The molecule has 0 saturated heterocycles. The molecule has 0 spiro atoms. The number of carbonyl (C=O) groups excluding carboxylic acids is 1. The molecule has 33 heavy (non-hydrogen) atoms. The molecule has 1 amide bonds. The summed E-state index contributed by atoms with van der Waals surface area (Å²) in [5, 5.41) is 7.91. The van der Waals surface area contributed by atoms with Gasteiger partial charge in [0.2, 0.25) is 0 Å². The monoisotopic (exact) mass is 436 g/mol. The predicted octanol–water partition coefficient (Wildman–Crippen LogP) is 4.47. The van der Waals surface area contributed by atoms with Crippen LogP contribution in [0.3, 0.4) is 0 Å². The minimum Gasteiger partial charge on any atom is -0.457 e. The lowest BCUT2D eigenvalue weighted by Gasteiger charge is -2.14. The van der Waals surface area contributed by atoms with Gasteiger partial charge in [-0.15, -0.1) is 0 Å². The van der Waals surface area contributed by atoms with Crippen LogP contribution in [0.2, 0.25) is 0 Å². The molecule has 0 atom stereocenters. The summed E-state index contributed by atoms with van der Waals surface area (Å²) in [5.74, 6) is 1.00. The maximum atomic E-state index is 12.2. The number of aryl methyl sites for hydroxylation is 1. The molecule has 8 heteroatoms. The topological polar surface area (TPSA) is 133 Å². The van der Waals surface area contributed by atoms with Crippen LogP contribution in [0.5, 0.6) is 11.5 Å². The van der Waals surface area contributed by atoms with Crippen molar-refractivity contribution in [1.29, 1.82) is 0 Å². The van der Waals surface area contributed by atoms with Crippen LogP contribution < -0.4 is 16.2 Å². The van der Waals surface area contributed by atoms with Crippen LogP contribution in [-0.4, -0.2) is 26.1 Å². The quantitative estimate of drug-likeness (QED) is 0.372. The van der Waals surface area contributed by atoms with E-state index in [0.29, 0.717) is 22.8 Å². The Kier molecular flexibility index (Phi) is 4.95. The summed E-state index contributed by atoms with van der Waals surface area (Å²) >= 11 is 0. The number of amides is 1. The second-order valence-corrected chi connectivity index (χ2v) is 7.55. The molecule has 0 aliphatic carbocycles. The number of benzene rings is 3. The molecule has 0 saturated carbocycles. The minimum absolute atomic E-state index is 0.0282. The van der Waals surface area contributed by atoms with Crippen LogP contribution in [0.15, 0.2) is 72.9 Å². The second-order valence-electron chi connectivity index (χ2n) is 7.55. The van der Waals surface area contributed by atoms with E-state index in [0.717, 1.165) is 27.8 Å².